The number of thiophene rings is 1. The predicted molar refractivity (Wildman–Crippen MR) is 132 cm³/mol. The van der Waals surface area contributed by atoms with Crippen molar-refractivity contribution in [1.29, 1.82) is 0 Å². The molecule has 0 radical (unpaired) electrons. The van der Waals surface area contributed by atoms with Gasteiger partial charge in [0, 0.05) is 10.9 Å². The maximum Gasteiger partial charge on any atom is 0.342 e. The van der Waals surface area contributed by atoms with Gasteiger partial charge < -0.3 is 15.2 Å². The molecule has 2 aromatic carbocycles. The van der Waals surface area contributed by atoms with Crippen molar-refractivity contribution in [3.05, 3.63) is 53.4 Å². The normalized spacial score (nSPS) is 23.4. The number of anilines is 1. The summed E-state index contributed by atoms with van der Waals surface area (Å²) < 4.78 is 5.52. The number of carboxylic acid groups (broad SMARTS) is 1. The Balaban J connectivity index is 1.51. The highest BCUT2D eigenvalue weighted by atomic mass is 32.1. The Bertz CT molecular complexity index is 1280. The maximum atomic E-state index is 13.3. The van der Waals surface area contributed by atoms with Gasteiger partial charge in [0.05, 0.1) is 17.9 Å². The number of benzene rings is 2. The number of carbonyl (C=O) groups is 3. The van der Waals surface area contributed by atoms with Gasteiger partial charge in [0.25, 0.3) is 0 Å². The summed E-state index contributed by atoms with van der Waals surface area (Å²) in [5.74, 6) is -2.82. The third-order valence-electron chi connectivity index (χ3n) is 7.14. The van der Waals surface area contributed by atoms with Crippen LogP contribution in [0.1, 0.15) is 43.5 Å². The summed E-state index contributed by atoms with van der Waals surface area (Å²) in [6.07, 6.45) is 2.20. The lowest BCUT2D eigenvalue weighted by Crippen LogP contribution is -2.38. The van der Waals surface area contributed by atoms with Crippen molar-refractivity contribution in [2.75, 3.05) is 5.32 Å². The zero-order valence-corrected chi connectivity index (χ0v) is 19.9. The third kappa shape index (κ3) is 3.98. The quantitative estimate of drug-likeness (QED) is 0.437. The van der Waals surface area contributed by atoms with Crippen molar-refractivity contribution in [2.45, 2.75) is 39.2 Å². The molecule has 34 heavy (non-hydrogen) atoms. The standard InChI is InChI=1S/C27H27NO5S/c1-14(2)33-27(32)23-20(17-8-7-15-5-3-4-6-16(15)11-17)13-34-25(23)28-24(29)21-18-9-10-19(12-18)22(21)26(30)31/h3-8,11,13-14,18-19,21-22H,9-10,12H2,1-2H3,(H,28,29)(H,30,31)/t18-,19-,21-,22+/m0/s1. The minimum Gasteiger partial charge on any atom is -0.481 e. The first kappa shape index (κ1) is 22.6. The topological polar surface area (TPSA) is 92.7 Å². The Kier molecular flexibility index (Phi) is 5.90. The van der Waals surface area contributed by atoms with Gasteiger partial charge in [0.1, 0.15) is 10.6 Å². The number of aliphatic carboxylic acids is 1. The first-order valence-electron chi connectivity index (χ1n) is 11.7. The van der Waals surface area contributed by atoms with E-state index >= 15 is 0 Å². The summed E-state index contributed by atoms with van der Waals surface area (Å²) in [6, 6.07) is 14.0. The van der Waals surface area contributed by atoms with Gasteiger partial charge in [-0.1, -0.05) is 36.4 Å². The number of fused-ring (bicyclic) bond motifs is 3. The summed E-state index contributed by atoms with van der Waals surface area (Å²) in [5.41, 5.74) is 1.87. The van der Waals surface area contributed by atoms with E-state index < -0.39 is 23.8 Å². The molecule has 2 fully saturated rings. The van der Waals surface area contributed by atoms with Crippen LogP contribution in [0.4, 0.5) is 5.00 Å². The number of rotatable bonds is 6. The largest absolute Gasteiger partial charge is 0.481 e. The SMILES string of the molecule is CC(C)OC(=O)c1c(-c2ccc3ccccc3c2)csc1NC(=O)[C@H]1[C@H]2CC[C@@H](C2)[C@H]1C(=O)O. The molecular formula is C27H27NO5S. The van der Waals surface area contributed by atoms with Crippen molar-refractivity contribution in [2.24, 2.45) is 23.7 Å². The lowest BCUT2D eigenvalue weighted by atomic mass is 9.78. The molecule has 3 aromatic rings. The van der Waals surface area contributed by atoms with E-state index in [-0.39, 0.29) is 23.8 Å². The average molecular weight is 478 g/mol. The van der Waals surface area contributed by atoms with Gasteiger partial charge >= 0.3 is 11.9 Å². The molecule has 2 saturated carbocycles. The summed E-state index contributed by atoms with van der Waals surface area (Å²) in [5, 5.41) is 17.1. The van der Waals surface area contributed by atoms with Crippen LogP contribution in [0, 0.1) is 23.7 Å². The van der Waals surface area contributed by atoms with Gasteiger partial charge in [-0.3, -0.25) is 9.59 Å². The van der Waals surface area contributed by atoms with Crippen LogP contribution >= 0.6 is 11.3 Å². The first-order chi connectivity index (χ1) is 16.3. The molecule has 1 aromatic heterocycles. The third-order valence-corrected chi connectivity index (χ3v) is 8.03. The predicted octanol–water partition coefficient (Wildman–Crippen LogP) is 5.82. The molecule has 0 saturated heterocycles. The fraction of sp³-hybridized carbons (Fsp3) is 0.370. The van der Waals surface area contributed by atoms with Crippen LogP contribution in [0.2, 0.25) is 0 Å². The molecule has 176 valence electrons. The Labute approximate surface area is 201 Å². The molecule has 6 nitrogen and oxygen atoms in total. The fourth-order valence-electron chi connectivity index (χ4n) is 5.71. The zero-order valence-electron chi connectivity index (χ0n) is 19.1. The minimum atomic E-state index is -0.908. The number of nitrogens with one attached hydrogen (secondary N) is 1. The van der Waals surface area contributed by atoms with Crippen LogP contribution in [0.3, 0.4) is 0 Å². The molecule has 1 amide bonds. The highest BCUT2D eigenvalue weighted by Crippen LogP contribution is 2.53. The molecule has 2 bridgehead atoms. The van der Waals surface area contributed by atoms with Gasteiger partial charge in [0.2, 0.25) is 5.91 Å². The minimum absolute atomic E-state index is 0.0557. The summed E-state index contributed by atoms with van der Waals surface area (Å²) >= 11 is 1.27. The molecule has 5 rings (SSSR count). The van der Waals surface area contributed by atoms with Gasteiger partial charge in [0.15, 0.2) is 0 Å². The molecule has 0 aliphatic heterocycles. The highest BCUT2D eigenvalue weighted by molar-refractivity contribution is 7.15. The van der Waals surface area contributed by atoms with E-state index in [9.17, 15) is 19.5 Å². The second kappa shape index (κ2) is 8.87. The van der Waals surface area contributed by atoms with Crippen LogP contribution in [-0.2, 0) is 14.3 Å². The highest BCUT2D eigenvalue weighted by Gasteiger charge is 2.54. The Morgan fingerprint density at radius 3 is 2.44 bits per heavy atom. The Morgan fingerprint density at radius 2 is 1.74 bits per heavy atom. The van der Waals surface area contributed by atoms with Gasteiger partial charge in [-0.2, -0.15) is 0 Å². The van der Waals surface area contributed by atoms with Crippen molar-refractivity contribution in [1.82, 2.24) is 0 Å². The van der Waals surface area contributed by atoms with E-state index in [2.05, 4.69) is 5.32 Å². The van der Waals surface area contributed by atoms with Crippen LogP contribution in [-0.4, -0.2) is 29.1 Å². The van der Waals surface area contributed by atoms with Crippen molar-refractivity contribution >= 4 is 45.0 Å². The van der Waals surface area contributed by atoms with Crippen LogP contribution in [0.25, 0.3) is 21.9 Å². The van der Waals surface area contributed by atoms with E-state index in [0.717, 1.165) is 35.6 Å². The van der Waals surface area contributed by atoms with Gasteiger partial charge in [-0.25, -0.2) is 4.79 Å². The van der Waals surface area contributed by atoms with Crippen molar-refractivity contribution in [3.63, 3.8) is 0 Å². The zero-order chi connectivity index (χ0) is 24.0. The Hall–Kier alpha value is -3.19. The molecule has 0 spiro atoms. The molecule has 2 aliphatic carbocycles. The number of amides is 1. The van der Waals surface area contributed by atoms with E-state index in [1.807, 2.05) is 47.8 Å². The number of hydrogen-bond donors (Lipinski definition) is 2. The molecule has 4 atom stereocenters. The Morgan fingerprint density at radius 1 is 1.03 bits per heavy atom. The van der Waals surface area contributed by atoms with Crippen LogP contribution < -0.4 is 5.32 Å². The number of carbonyl (C=O) groups excluding carboxylic acids is 2. The lowest BCUT2D eigenvalue weighted by molar-refractivity contribution is -0.148. The second-order valence-corrected chi connectivity index (χ2v) is 10.5. The molecule has 0 unspecified atom stereocenters. The molecular weight excluding hydrogens is 450 g/mol. The van der Waals surface area contributed by atoms with Crippen molar-refractivity contribution < 1.29 is 24.2 Å². The van der Waals surface area contributed by atoms with Crippen LogP contribution in [0.15, 0.2) is 47.8 Å². The van der Waals surface area contributed by atoms with E-state index in [0.29, 0.717) is 16.1 Å². The maximum absolute atomic E-state index is 13.3. The van der Waals surface area contributed by atoms with Crippen molar-refractivity contribution in [3.8, 4) is 11.1 Å². The molecule has 2 aliphatic rings. The summed E-state index contributed by atoms with van der Waals surface area (Å²) in [7, 11) is 0. The monoisotopic (exact) mass is 477 g/mol. The smallest absolute Gasteiger partial charge is 0.342 e. The molecule has 7 heteroatoms. The van der Waals surface area contributed by atoms with E-state index in [1.54, 1.807) is 13.8 Å². The number of ether oxygens (including phenoxy) is 1. The molecule has 1 heterocycles. The van der Waals surface area contributed by atoms with Gasteiger partial charge in [-0.05, 0) is 67.3 Å². The number of hydrogen-bond acceptors (Lipinski definition) is 5. The first-order valence-corrected chi connectivity index (χ1v) is 12.6. The average Bonchev–Trinajstić information content (AvgIpc) is 3.52. The second-order valence-electron chi connectivity index (χ2n) is 9.58. The lowest BCUT2D eigenvalue weighted by Gasteiger charge is -2.27. The summed E-state index contributed by atoms with van der Waals surface area (Å²) in [4.78, 5) is 38.4. The fourth-order valence-corrected chi connectivity index (χ4v) is 6.67. The van der Waals surface area contributed by atoms with Gasteiger partial charge in [-0.15, -0.1) is 11.3 Å². The summed E-state index contributed by atoms with van der Waals surface area (Å²) in [6.45, 7) is 3.57. The molecule has 2 N–H and O–H groups in total. The van der Waals surface area contributed by atoms with Crippen LogP contribution in [0.5, 0.6) is 0 Å². The van der Waals surface area contributed by atoms with E-state index in [1.165, 1.54) is 11.3 Å². The number of carboxylic acids is 1. The van der Waals surface area contributed by atoms with E-state index in [4.69, 9.17) is 4.74 Å². The number of esters is 1.